The number of ether oxygens (including phenoxy) is 3. The maximum atomic E-state index is 6.34. The molecule has 0 unspecified atom stereocenters. The fraction of sp³-hybridized carbons (Fsp3) is 0.667. The van der Waals surface area contributed by atoms with Gasteiger partial charge in [0.2, 0.25) is 0 Å². The highest BCUT2D eigenvalue weighted by Crippen LogP contribution is 2.36. The number of morpholine rings is 1. The molecule has 0 atom stereocenters. The Hall–Kier alpha value is -0.430. The number of benzene rings is 1. The second-order valence-corrected chi connectivity index (χ2v) is 6.16. The van der Waals surface area contributed by atoms with Crippen molar-refractivity contribution in [3.8, 4) is 11.5 Å². The van der Waals surface area contributed by atoms with Crippen LogP contribution in [0.3, 0.4) is 0 Å². The van der Waals surface area contributed by atoms with Crippen LogP contribution in [0.4, 0.5) is 0 Å². The molecule has 2 rings (SSSR count). The number of nitrogens with zero attached hydrogens (tertiary/aromatic N) is 1. The van der Waals surface area contributed by atoms with Crippen molar-refractivity contribution in [1.82, 2.24) is 10.2 Å². The monoisotopic (exact) mass is 426 g/mol. The van der Waals surface area contributed by atoms with Crippen LogP contribution in [0.25, 0.3) is 0 Å². The third kappa shape index (κ3) is 8.51. The Morgan fingerprint density at radius 3 is 2.46 bits per heavy atom. The zero-order valence-electron chi connectivity index (χ0n) is 15.5. The van der Waals surface area contributed by atoms with Gasteiger partial charge in [-0.3, -0.25) is 4.90 Å². The molecule has 1 saturated heterocycles. The summed E-state index contributed by atoms with van der Waals surface area (Å²) in [4.78, 5) is 2.45. The first kappa shape index (κ1) is 25.6. The minimum atomic E-state index is 0. The predicted molar refractivity (Wildman–Crippen MR) is 97.4 cm³/mol. The first-order chi connectivity index (χ1) is 11.7. The van der Waals surface area contributed by atoms with Gasteiger partial charge in [0, 0.05) is 19.6 Å². The zero-order chi connectivity index (χ0) is 17.2. The van der Waals surface area contributed by atoms with Gasteiger partial charge < -0.3 is 44.3 Å². The Labute approximate surface area is 174 Å². The van der Waals surface area contributed by atoms with Crippen LogP contribution in [-0.2, 0) is 11.3 Å². The van der Waals surface area contributed by atoms with E-state index in [1.165, 1.54) is 0 Å². The van der Waals surface area contributed by atoms with Crippen LogP contribution in [0, 0.1) is 0 Å². The Balaban J connectivity index is 0.00000312. The van der Waals surface area contributed by atoms with E-state index in [0.29, 0.717) is 24.0 Å². The molecule has 1 aliphatic heterocycles. The molecule has 1 N–H and O–H groups in total. The van der Waals surface area contributed by atoms with E-state index in [1.807, 2.05) is 26.0 Å². The molecule has 0 aromatic heterocycles. The van der Waals surface area contributed by atoms with Gasteiger partial charge in [0.15, 0.2) is 11.5 Å². The van der Waals surface area contributed by atoms with Gasteiger partial charge in [0.05, 0.1) is 31.5 Å². The van der Waals surface area contributed by atoms with E-state index < -0.39 is 0 Å². The second kappa shape index (κ2) is 14.6. The molecule has 0 spiro atoms. The highest BCUT2D eigenvalue weighted by molar-refractivity contribution is 6.32. The summed E-state index contributed by atoms with van der Waals surface area (Å²) in [6.07, 6.45) is 1.13. The molecule has 0 saturated carbocycles. The molecule has 152 valence electrons. The summed E-state index contributed by atoms with van der Waals surface area (Å²) in [7, 11) is 0. The first-order valence-corrected chi connectivity index (χ1v) is 9.21. The molecule has 0 aliphatic carbocycles. The van der Waals surface area contributed by atoms with Crippen LogP contribution >= 0.6 is 11.6 Å². The largest absolute Gasteiger partial charge is 1.00 e. The van der Waals surface area contributed by atoms with Gasteiger partial charge in [-0.1, -0.05) is 11.6 Å². The van der Waals surface area contributed by atoms with E-state index in [2.05, 4.69) is 10.2 Å². The maximum absolute atomic E-state index is 6.34. The lowest BCUT2D eigenvalue weighted by atomic mass is 10.2. The number of hydrogen-bond donors (Lipinski definition) is 1. The average molecular weight is 428 g/mol. The summed E-state index contributed by atoms with van der Waals surface area (Å²) in [5, 5.41) is 4.08. The standard InChI is InChI=1S/C18H29ClN2O3.2ClH/c1-3-23-17-13-15(12-16(19)18(17)24-4-2)14-20-6-5-7-21-8-10-22-11-9-21;;/h12-13,20H,3-11,14H2,1-2H3;2*1H/p-2. The summed E-state index contributed by atoms with van der Waals surface area (Å²) in [5.74, 6) is 1.36. The van der Waals surface area contributed by atoms with Crippen LogP contribution in [0.1, 0.15) is 25.8 Å². The third-order valence-corrected chi connectivity index (χ3v) is 4.20. The SMILES string of the molecule is CCOc1cc(CNCCCN2CCOCC2)cc(Cl)c1OCC.[Cl-].[Cl-]. The molecule has 0 bridgehead atoms. The van der Waals surface area contributed by atoms with E-state index in [1.54, 1.807) is 0 Å². The lowest BCUT2D eigenvalue weighted by Crippen LogP contribution is -3.00. The number of rotatable bonds is 10. The topological polar surface area (TPSA) is 43.0 Å². The molecule has 1 fully saturated rings. The summed E-state index contributed by atoms with van der Waals surface area (Å²) < 4.78 is 16.6. The van der Waals surface area contributed by atoms with Gasteiger partial charge in [0.25, 0.3) is 0 Å². The summed E-state index contributed by atoms with van der Waals surface area (Å²) in [6.45, 7) is 11.7. The fourth-order valence-electron chi connectivity index (χ4n) is 2.76. The Kier molecular flexibility index (Phi) is 14.4. The molecule has 1 heterocycles. The molecular weight excluding hydrogens is 399 g/mol. The summed E-state index contributed by atoms with van der Waals surface area (Å²) >= 11 is 6.34. The van der Waals surface area contributed by atoms with Gasteiger partial charge in [-0.15, -0.1) is 0 Å². The van der Waals surface area contributed by atoms with Crippen molar-refractivity contribution >= 4 is 11.6 Å². The fourth-order valence-corrected chi connectivity index (χ4v) is 3.04. The van der Waals surface area contributed by atoms with Crippen LogP contribution in [0.15, 0.2) is 12.1 Å². The van der Waals surface area contributed by atoms with Crippen LogP contribution in [-0.4, -0.2) is 57.5 Å². The molecule has 26 heavy (non-hydrogen) atoms. The summed E-state index contributed by atoms with van der Waals surface area (Å²) in [5.41, 5.74) is 1.11. The van der Waals surface area contributed by atoms with Crippen molar-refractivity contribution in [2.75, 3.05) is 52.6 Å². The predicted octanol–water partition coefficient (Wildman–Crippen LogP) is -3.04. The highest BCUT2D eigenvalue weighted by Gasteiger charge is 2.12. The quantitative estimate of drug-likeness (QED) is 0.402. The van der Waals surface area contributed by atoms with Crippen LogP contribution in [0.2, 0.25) is 5.02 Å². The van der Waals surface area contributed by atoms with Crippen molar-refractivity contribution in [3.05, 3.63) is 22.7 Å². The molecule has 5 nitrogen and oxygen atoms in total. The lowest BCUT2D eigenvalue weighted by molar-refractivity contribution is -0.001000. The third-order valence-electron chi connectivity index (χ3n) is 3.92. The lowest BCUT2D eigenvalue weighted by Gasteiger charge is -2.26. The molecular formula is C18H29Cl3N2O3-2. The van der Waals surface area contributed by atoms with E-state index in [4.69, 9.17) is 25.8 Å². The van der Waals surface area contributed by atoms with Crippen molar-refractivity contribution in [2.45, 2.75) is 26.8 Å². The van der Waals surface area contributed by atoms with E-state index in [0.717, 1.165) is 63.7 Å². The van der Waals surface area contributed by atoms with Gasteiger partial charge in [-0.05, 0) is 51.1 Å². The Bertz CT molecular complexity index is 501. The summed E-state index contributed by atoms with van der Waals surface area (Å²) in [6, 6.07) is 3.96. The van der Waals surface area contributed by atoms with Gasteiger partial charge >= 0.3 is 0 Å². The normalized spacial score (nSPS) is 14.3. The van der Waals surface area contributed by atoms with Gasteiger partial charge in [-0.25, -0.2) is 0 Å². The smallest absolute Gasteiger partial charge is 0.179 e. The van der Waals surface area contributed by atoms with E-state index in [9.17, 15) is 0 Å². The minimum Gasteiger partial charge on any atom is -1.00 e. The van der Waals surface area contributed by atoms with Crippen LogP contribution < -0.4 is 39.6 Å². The van der Waals surface area contributed by atoms with Crippen molar-refractivity contribution in [1.29, 1.82) is 0 Å². The second-order valence-electron chi connectivity index (χ2n) is 5.76. The first-order valence-electron chi connectivity index (χ1n) is 8.83. The number of nitrogens with one attached hydrogen (secondary N) is 1. The molecule has 8 heteroatoms. The minimum absolute atomic E-state index is 0. The molecule has 0 amide bonds. The van der Waals surface area contributed by atoms with Gasteiger partial charge in [-0.2, -0.15) is 0 Å². The van der Waals surface area contributed by atoms with Crippen molar-refractivity contribution < 1.29 is 39.0 Å². The zero-order valence-corrected chi connectivity index (χ0v) is 17.8. The average Bonchev–Trinajstić information content (AvgIpc) is 2.59. The number of hydrogen-bond acceptors (Lipinski definition) is 5. The molecule has 1 aliphatic rings. The highest BCUT2D eigenvalue weighted by atomic mass is 35.5. The van der Waals surface area contributed by atoms with Gasteiger partial charge in [0.1, 0.15) is 0 Å². The Morgan fingerprint density at radius 1 is 1.12 bits per heavy atom. The molecule has 1 aromatic carbocycles. The van der Waals surface area contributed by atoms with E-state index >= 15 is 0 Å². The molecule has 1 aromatic rings. The number of halogens is 3. The molecule has 0 radical (unpaired) electrons. The Morgan fingerprint density at radius 2 is 1.81 bits per heavy atom. The van der Waals surface area contributed by atoms with Crippen molar-refractivity contribution in [3.63, 3.8) is 0 Å². The van der Waals surface area contributed by atoms with Crippen molar-refractivity contribution in [2.24, 2.45) is 0 Å². The van der Waals surface area contributed by atoms with Crippen LogP contribution in [0.5, 0.6) is 11.5 Å². The van der Waals surface area contributed by atoms with E-state index in [-0.39, 0.29) is 24.8 Å². The maximum Gasteiger partial charge on any atom is 0.179 e.